The van der Waals surface area contributed by atoms with Gasteiger partial charge >= 0.3 is 0 Å². The van der Waals surface area contributed by atoms with Crippen molar-refractivity contribution in [3.63, 3.8) is 0 Å². The molecule has 0 N–H and O–H groups in total. The molecular formula is C15H28N2O. The van der Waals surface area contributed by atoms with Gasteiger partial charge in [0.2, 0.25) is 0 Å². The Morgan fingerprint density at radius 1 is 1.22 bits per heavy atom. The molecule has 0 spiro atoms. The van der Waals surface area contributed by atoms with Crippen LogP contribution >= 0.6 is 0 Å². The number of nitrogens with zero attached hydrogens (tertiary/aromatic N) is 2. The van der Waals surface area contributed by atoms with E-state index in [9.17, 15) is 4.79 Å². The molecule has 0 aromatic carbocycles. The highest BCUT2D eigenvalue weighted by Crippen LogP contribution is 2.25. The van der Waals surface area contributed by atoms with Crippen molar-refractivity contribution in [2.75, 3.05) is 33.7 Å². The molecule has 2 aliphatic rings. The topological polar surface area (TPSA) is 23.6 Å². The Kier molecular flexibility index (Phi) is 4.79. The zero-order valence-corrected chi connectivity index (χ0v) is 12.2. The Bertz CT molecular complexity index is 290. The average molecular weight is 252 g/mol. The van der Waals surface area contributed by atoms with E-state index in [1.807, 2.05) is 0 Å². The fourth-order valence-corrected chi connectivity index (χ4v) is 3.61. The smallest absolute Gasteiger partial charge is 0.137 e. The second kappa shape index (κ2) is 6.16. The number of carbonyl (C=O) groups is 1. The summed E-state index contributed by atoms with van der Waals surface area (Å²) in [5, 5.41) is 0. The van der Waals surface area contributed by atoms with E-state index in [1.165, 1.54) is 12.8 Å². The molecule has 0 bridgehead atoms. The molecular weight excluding hydrogens is 224 g/mol. The summed E-state index contributed by atoms with van der Waals surface area (Å²) >= 11 is 0. The lowest BCUT2D eigenvalue weighted by molar-refractivity contribution is -0.123. The summed E-state index contributed by atoms with van der Waals surface area (Å²) < 4.78 is 0. The molecule has 2 rings (SSSR count). The van der Waals surface area contributed by atoms with Crippen molar-refractivity contribution in [2.45, 2.75) is 45.1 Å². The summed E-state index contributed by atoms with van der Waals surface area (Å²) in [5.41, 5.74) is 0. The second-order valence-corrected chi connectivity index (χ2v) is 6.49. The molecule has 104 valence electrons. The molecule has 0 radical (unpaired) electrons. The van der Waals surface area contributed by atoms with E-state index < -0.39 is 0 Å². The Labute approximate surface area is 112 Å². The van der Waals surface area contributed by atoms with Gasteiger partial charge in [0, 0.05) is 38.0 Å². The summed E-state index contributed by atoms with van der Waals surface area (Å²) in [6.45, 7) is 5.64. The molecule has 0 amide bonds. The summed E-state index contributed by atoms with van der Waals surface area (Å²) in [6.07, 6.45) is 5.56. The molecule has 1 aliphatic heterocycles. The number of hydrogen-bond acceptors (Lipinski definition) is 3. The van der Waals surface area contributed by atoms with Crippen LogP contribution in [0.15, 0.2) is 0 Å². The molecule has 3 atom stereocenters. The van der Waals surface area contributed by atoms with Gasteiger partial charge in [-0.2, -0.15) is 0 Å². The van der Waals surface area contributed by atoms with Crippen LogP contribution in [0.4, 0.5) is 0 Å². The average Bonchev–Trinajstić information content (AvgIpc) is 2.56. The van der Waals surface area contributed by atoms with Crippen molar-refractivity contribution in [3.05, 3.63) is 0 Å². The zero-order valence-electron chi connectivity index (χ0n) is 12.2. The first-order valence-electron chi connectivity index (χ1n) is 7.49. The first kappa shape index (κ1) is 14.0. The van der Waals surface area contributed by atoms with Crippen molar-refractivity contribution >= 4 is 5.78 Å². The highest BCUT2D eigenvalue weighted by Gasteiger charge is 2.33. The van der Waals surface area contributed by atoms with Crippen LogP contribution in [-0.2, 0) is 4.79 Å². The summed E-state index contributed by atoms with van der Waals surface area (Å²) in [6, 6.07) is 0.658. The number of ketones is 1. The lowest BCUT2D eigenvalue weighted by Crippen LogP contribution is -2.36. The second-order valence-electron chi connectivity index (χ2n) is 6.49. The number of carbonyl (C=O) groups excluding carboxylic acids is 1. The van der Waals surface area contributed by atoms with E-state index >= 15 is 0 Å². The standard InChI is InChI=1S/C15H28N2O/c1-12-9-17(11-14(12)16(2)3)10-13-7-5-4-6-8-15(13)18/h12-14H,4-11H2,1-3H3. The van der Waals surface area contributed by atoms with Crippen LogP contribution in [0.2, 0.25) is 0 Å². The SMILES string of the molecule is CC1CN(CC2CCCCCC2=O)CC1N(C)C. The summed E-state index contributed by atoms with van der Waals surface area (Å²) in [5.74, 6) is 1.56. The van der Waals surface area contributed by atoms with Gasteiger partial charge in [-0.3, -0.25) is 4.79 Å². The number of Topliss-reactive ketones (excluding diaryl/α,β-unsaturated/α-hetero) is 1. The number of likely N-dealkylation sites (N-methyl/N-ethyl adjacent to an activating group) is 1. The Morgan fingerprint density at radius 2 is 2.00 bits per heavy atom. The maximum atomic E-state index is 12.1. The van der Waals surface area contributed by atoms with Crippen LogP contribution in [0.25, 0.3) is 0 Å². The van der Waals surface area contributed by atoms with Gasteiger partial charge in [-0.05, 0) is 32.9 Å². The molecule has 3 nitrogen and oxygen atoms in total. The lowest BCUT2D eigenvalue weighted by atomic mass is 9.98. The number of hydrogen-bond donors (Lipinski definition) is 0. The van der Waals surface area contributed by atoms with E-state index in [0.717, 1.165) is 44.8 Å². The van der Waals surface area contributed by atoms with Crippen molar-refractivity contribution in [1.82, 2.24) is 9.80 Å². The lowest BCUT2D eigenvalue weighted by Gasteiger charge is -2.24. The van der Waals surface area contributed by atoms with Gasteiger partial charge in [0.15, 0.2) is 0 Å². The molecule has 1 heterocycles. The van der Waals surface area contributed by atoms with Gasteiger partial charge in [0.05, 0.1) is 0 Å². The van der Waals surface area contributed by atoms with Crippen LogP contribution in [-0.4, -0.2) is 55.4 Å². The van der Waals surface area contributed by atoms with E-state index in [1.54, 1.807) is 0 Å². The zero-order chi connectivity index (χ0) is 13.1. The van der Waals surface area contributed by atoms with Crippen LogP contribution in [0, 0.1) is 11.8 Å². The van der Waals surface area contributed by atoms with E-state index in [0.29, 0.717) is 17.7 Å². The first-order chi connectivity index (χ1) is 8.58. The molecule has 2 fully saturated rings. The van der Waals surface area contributed by atoms with Crippen molar-refractivity contribution in [2.24, 2.45) is 11.8 Å². The first-order valence-corrected chi connectivity index (χ1v) is 7.49. The third kappa shape index (κ3) is 3.33. The molecule has 3 unspecified atom stereocenters. The van der Waals surface area contributed by atoms with Gasteiger partial charge in [-0.15, -0.1) is 0 Å². The normalized spacial score (nSPS) is 35.1. The number of likely N-dealkylation sites (tertiary alicyclic amines) is 1. The quantitative estimate of drug-likeness (QED) is 0.718. The van der Waals surface area contributed by atoms with Crippen molar-refractivity contribution in [3.8, 4) is 0 Å². The molecule has 3 heteroatoms. The third-order valence-corrected chi connectivity index (χ3v) is 4.72. The van der Waals surface area contributed by atoms with Crippen LogP contribution in [0.1, 0.15) is 39.0 Å². The highest BCUT2D eigenvalue weighted by atomic mass is 16.1. The fraction of sp³-hybridized carbons (Fsp3) is 0.933. The number of rotatable bonds is 3. The minimum atomic E-state index is 0.320. The molecule has 0 aromatic rings. The van der Waals surface area contributed by atoms with Crippen LogP contribution in [0.3, 0.4) is 0 Å². The minimum Gasteiger partial charge on any atom is -0.305 e. The Hall–Kier alpha value is -0.410. The predicted octanol–water partition coefficient (Wildman–Crippen LogP) is 2.02. The van der Waals surface area contributed by atoms with Gasteiger partial charge in [0.1, 0.15) is 5.78 Å². The molecule has 1 aliphatic carbocycles. The Balaban J connectivity index is 1.88. The van der Waals surface area contributed by atoms with Crippen molar-refractivity contribution in [1.29, 1.82) is 0 Å². The molecule has 1 saturated heterocycles. The minimum absolute atomic E-state index is 0.320. The van der Waals surface area contributed by atoms with Gasteiger partial charge in [-0.25, -0.2) is 0 Å². The highest BCUT2D eigenvalue weighted by molar-refractivity contribution is 5.81. The van der Waals surface area contributed by atoms with Gasteiger partial charge < -0.3 is 9.80 Å². The molecule has 0 aromatic heterocycles. The summed E-state index contributed by atoms with van der Waals surface area (Å²) in [4.78, 5) is 16.9. The van der Waals surface area contributed by atoms with E-state index in [2.05, 4.69) is 30.8 Å². The Morgan fingerprint density at radius 3 is 2.67 bits per heavy atom. The monoisotopic (exact) mass is 252 g/mol. The van der Waals surface area contributed by atoms with Crippen LogP contribution < -0.4 is 0 Å². The maximum Gasteiger partial charge on any atom is 0.137 e. The van der Waals surface area contributed by atoms with Gasteiger partial charge in [0.25, 0.3) is 0 Å². The van der Waals surface area contributed by atoms with E-state index in [-0.39, 0.29) is 0 Å². The summed E-state index contributed by atoms with van der Waals surface area (Å²) in [7, 11) is 4.34. The van der Waals surface area contributed by atoms with E-state index in [4.69, 9.17) is 0 Å². The third-order valence-electron chi connectivity index (χ3n) is 4.72. The molecule has 18 heavy (non-hydrogen) atoms. The van der Waals surface area contributed by atoms with Gasteiger partial charge in [-0.1, -0.05) is 19.8 Å². The maximum absolute atomic E-state index is 12.1. The largest absolute Gasteiger partial charge is 0.305 e. The molecule has 1 saturated carbocycles. The fourth-order valence-electron chi connectivity index (χ4n) is 3.61. The van der Waals surface area contributed by atoms with Crippen LogP contribution in [0.5, 0.6) is 0 Å². The predicted molar refractivity (Wildman–Crippen MR) is 74.7 cm³/mol. The van der Waals surface area contributed by atoms with Crippen molar-refractivity contribution < 1.29 is 4.79 Å².